The minimum Gasteiger partial charge on any atom is -0.465 e. The highest BCUT2D eigenvalue weighted by Crippen LogP contribution is 2.60. The average Bonchev–Trinajstić information content (AvgIpc) is 3.25. The fourth-order valence-corrected chi connectivity index (χ4v) is 8.25. The number of aliphatic hydroxyl groups excluding tert-OH is 1. The van der Waals surface area contributed by atoms with Gasteiger partial charge in [-0.3, -0.25) is 19.3 Å². The highest BCUT2D eigenvalue weighted by molar-refractivity contribution is 8.02. The Hall–Kier alpha value is -1.88. The smallest absolute Gasteiger partial charge is 0.311 e. The predicted octanol–water partition coefficient (Wildman–Crippen LogP) is 0.680. The van der Waals surface area contributed by atoms with Gasteiger partial charge in [0.05, 0.1) is 36.4 Å². The molecule has 2 amide bonds. The van der Waals surface area contributed by atoms with Crippen molar-refractivity contribution in [3.63, 3.8) is 0 Å². The van der Waals surface area contributed by atoms with Gasteiger partial charge >= 0.3 is 5.97 Å². The maximum atomic E-state index is 14.2. The third-order valence-electron chi connectivity index (χ3n) is 8.05. The molecule has 0 radical (unpaired) electrons. The van der Waals surface area contributed by atoms with Gasteiger partial charge in [0.25, 0.3) is 0 Å². The number of morpholine rings is 1. The molecule has 5 aliphatic heterocycles. The van der Waals surface area contributed by atoms with Gasteiger partial charge in [-0.25, -0.2) is 0 Å². The Balaban J connectivity index is 1.43. The van der Waals surface area contributed by atoms with Gasteiger partial charge in [0.2, 0.25) is 11.8 Å². The van der Waals surface area contributed by atoms with E-state index in [1.54, 1.807) is 16.7 Å². The summed E-state index contributed by atoms with van der Waals surface area (Å²) in [6, 6.07) is -0.646. The second kappa shape index (κ2) is 11.2. The van der Waals surface area contributed by atoms with E-state index in [9.17, 15) is 19.5 Å². The summed E-state index contributed by atoms with van der Waals surface area (Å²) < 4.78 is 10.2. The van der Waals surface area contributed by atoms with Crippen LogP contribution >= 0.6 is 11.8 Å². The van der Waals surface area contributed by atoms with Gasteiger partial charge in [0, 0.05) is 51.1 Å². The van der Waals surface area contributed by atoms with Crippen LogP contribution in [0.4, 0.5) is 0 Å². The number of nitrogens with zero attached hydrogens (tertiary/aromatic N) is 3. The number of carbonyl (C=O) groups excluding carboxylic acids is 3. The first-order valence-corrected chi connectivity index (χ1v) is 14.1. The van der Waals surface area contributed by atoms with Crippen molar-refractivity contribution in [3.05, 3.63) is 24.3 Å². The summed E-state index contributed by atoms with van der Waals surface area (Å²) in [7, 11) is 0. The molecule has 0 aromatic rings. The van der Waals surface area contributed by atoms with Crippen molar-refractivity contribution < 1.29 is 29.0 Å². The lowest BCUT2D eigenvalue weighted by molar-refractivity contribution is -0.153. The molecule has 0 aromatic heterocycles. The lowest BCUT2D eigenvalue weighted by atomic mass is 9.78. The highest BCUT2D eigenvalue weighted by atomic mass is 32.2. The number of likely N-dealkylation sites (tertiary alicyclic amines) is 1. The summed E-state index contributed by atoms with van der Waals surface area (Å²) in [4.78, 5) is 47.2. The van der Waals surface area contributed by atoms with Gasteiger partial charge in [-0.1, -0.05) is 24.3 Å². The molecule has 1 unspecified atom stereocenters. The van der Waals surface area contributed by atoms with E-state index < -0.39 is 22.6 Å². The number of ether oxygens (including phenoxy) is 2. The number of unbranched alkanes of at least 4 members (excludes halogenated alkanes) is 2. The summed E-state index contributed by atoms with van der Waals surface area (Å²) >= 11 is 1.59. The Morgan fingerprint density at radius 1 is 1.00 bits per heavy atom. The summed E-state index contributed by atoms with van der Waals surface area (Å²) in [5, 5.41) is 9.00. The van der Waals surface area contributed by atoms with Crippen molar-refractivity contribution in [1.82, 2.24) is 14.7 Å². The number of carbonyl (C=O) groups is 3. The number of amides is 2. The van der Waals surface area contributed by atoms with Crippen molar-refractivity contribution in [1.29, 1.82) is 0 Å². The zero-order valence-corrected chi connectivity index (χ0v) is 21.6. The molecule has 198 valence electrons. The van der Waals surface area contributed by atoms with Gasteiger partial charge in [-0.15, -0.1) is 11.8 Å². The minimum atomic E-state index is -0.790. The molecule has 3 saturated heterocycles. The molecule has 5 aliphatic rings. The maximum Gasteiger partial charge on any atom is 0.311 e. The Morgan fingerprint density at radius 3 is 2.64 bits per heavy atom. The summed E-state index contributed by atoms with van der Waals surface area (Å²) in [6.07, 6.45) is 10.9. The van der Waals surface area contributed by atoms with Crippen LogP contribution in [0.5, 0.6) is 0 Å². The molecule has 1 spiro atoms. The number of thioether (sulfide) groups is 1. The monoisotopic (exact) mass is 519 g/mol. The van der Waals surface area contributed by atoms with Crippen LogP contribution in [0.15, 0.2) is 24.3 Å². The Bertz CT molecular complexity index is 906. The molecule has 3 fully saturated rings. The number of aliphatic hydroxyl groups is 1. The van der Waals surface area contributed by atoms with Gasteiger partial charge in [0.1, 0.15) is 6.04 Å². The number of fused-ring (bicyclic) bond motifs is 2. The third kappa shape index (κ3) is 4.73. The van der Waals surface area contributed by atoms with Gasteiger partial charge < -0.3 is 24.4 Å². The predicted molar refractivity (Wildman–Crippen MR) is 135 cm³/mol. The second-order valence-corrected chi connectivity index (χ2v) is 11.7. The van der Waals surface area contributed by atoms with Crippen LogP contribution in [0.25, 0.3) is 0 Å². The number of rotatable bonds is 8. The van der Waals surface area contributed by atoms with Crippen LogP contribution in [-0.4, -0.2) is 119 Å². The molecule has 1 N–H and O–H groups in total. The Labute approximate surface area is 216 Å². The molecule has 10 heteroatoms. The minimum absolute atomic E-state index is 0.0367. The highest BCUT2D eigenvalue weighted by Gasteiger charge is 2.70. The fourth-order valence-electron chi connectivity index (χ4n) is 6.25. The molecular formula is C26H37N3O6S. The van der Waals surface area contributed by atoms with Crippen molar-refractivity contribution >= 4 is 29.5 Å². The molecule has 0 bridgehead atoms. The first-order chi connectivity index (χ1) is 17.6. The molecule has 0 saturated carbocycles. The van der Waals surface area contributed by atoms with Crippen LogP contribution < -0.4 is 0 Å². The first-order valence-electron chi connectivity index (χ1n) is 13.3. The van der Waals surface area contributed by atoms with Crippen LogP contribution in [0.3, 0.4) is 0 Å². The topological polar surface area (TPSA) is 99.6 Å². The number of cyclic esters (lactones) is 1. The lowest BCUT2D eigenvalue weighted by Gasteiger charge is -2.36. The normalized spacial score (nSPS) is 34.6. The quantitative estimate of drug-likeness (QED) is 0.284. The standard InChI is InChI=1S/C26H37N3O6S/c30-15-4-1-3-10-29-22-24(32)28(12-11-27-13-17-34-18-14-27)9-6-8-26(22)21(23(29)31)20-19(36-26)7-2-5-16-35-25(20)33/h2,6-8,19-22,30H,1,3-5,9-18H2/t19-,20+,21+,22?,26+/m1/s1. The van der Waals surface area contributed by atoms with Crippen LogP contribution in [0.2, 0.25) is 0 Å². The van der Waals surface area contributed by atoms with Crippen molar-refractivity contribution in [2.45, 2.75) is 41.7 Å². The van der Waals surface area contributed by atoms with Crippen LogP contribution in [-0.2, 0) is 23.9 Å². The maximum absolute atomic E-state index is 14.2. The number of hydrogen-bond acceptors (Lipinski definition) is 8. The average molecular weight is 520 g/mol. The first kappa shape index (κ1) is 25.8. The molecule has 5 heterocycles. The largest absolute Gasteiger partial charge is 0.465 e. The molecule has 5 atom stereocenters. The molecule has 9 nitrogen and oxygen atoms in total. The molecule has 0 aromatic carbocycles. The second-order valence-electron chi connectivity index (χ2n) is 10.2. The number of hydrogen-bond donors (Lipinski definition) is 1. The van der Waals surface area contributed by atoms with Crippen molar-refractivity contribution in [2.75, 3.05) is 65.7 Å². The van der Waals surface area contributed by atoms with E-state index in [1.165, 1.54) is 0 Å². The van der Waals surface area contributed by atoms with E-state index in [-0.39, 0.29) is 29.6 Å². The number of esters is 1. The van der Waals surface area contributed by atoms with E-state index in [4.69, 9.17) is 9.47 Å². The summed E-state index contributed by atoms with van der Waals surface area (Å²) in [5.41, 5.74) is 0. The van der Waals surface area contributed by atoms with E-state index in [1.807, 2.05) is 23.1 Å². The Morgan fingerprint density at radius 2 is 1.83 bits per heavy atom. The van der Waals surface area contributed by atoms with E-state index >= 15 is 0 Å². The van der Waals surface area contributed by atoms with E-state index in [0.717, 1.165) is 26.1 Å². The van der Waals surface area contributed by atoms with Gasteiger partial charge in [0.15, 0.2) is 0 Å². The van der Waals surface area contributed by atoms with Gasteiger partial charge in [-0.2, -0.15) is 0 Å². The SMILES string of the molecule is O=C1OCCC=C[C@H]2S[C@]34C=CCN(CCN5CCOCC5)C(=O)C3N(CCCCCO)C(=O)[C@@H]4[C@@H]12. The van der Waals surface area contributed by atoms with E-state index in [2.05, 4.69) is 11.0 Å². The van der Waals surface area contributed by atoms with Crippen LogP contribution in [0, 0.1) is 11.8 Å². The summed E-state index contributed by atoms with van der Waals surface area (Å²) in [5.74, 6) is -1.71. The fraction of sp³-hybridized carbons (Fsp3) is 0.731. The molecular weight excluding hydrogens is 482 g/mol. The molecule has 36 heavy (non-hydrogen) atoms. The van der Waals surface area contributed by atoms with Crippen LogP contribution in [0.1, 0.15) is 25.7 Å². The Kier molecular flexibility index (Phi) is 8.05. The third-order valence-corrected chi connectivity index (χ3v) is 9.80. The summed E-state index contributed by atoms with van der Waals surface area (Å²) in [6.45, 7) is 5.86. The van der Waals surface area contributed by atoms with E-state index in [0.29, 0.717) is 58.7 Å². The zero-order chi connectivity index (χ0) is 25.1. The zero-order valence-electron chi connectivity index (χ0n) is 20.8. The lowest BCUT2D eigenvalue weighted by Crippen LogP contribution is -2.54. The molecule has 5 rings (SSSR count). The van der Waals surface area contributed by atoms with Crippen molar-refractivity contribution in [2.24, 2.45) is 11.8 Å². The van der Waals surface area contributed by atoms with Crippen molar-refractivity contribution in [3.8, 4) is 0 Å². The molecule has 0 aliphatic carbocycles. The van der Waals surface area contributed by atoms with Gasteiger partial charge in [-0.05, 0) is 25.7 Å².